The minimum atomic E-state index is -0.357. The molecule has 2 amide bonds. The van der Waals surface area contributed by atoms with Crippen LogP contribution in [0.1, 0.15) is 20.0 Å². The molecule has 1 heterocycles. The molecular formula is C22H16N2O2S. The van der Waals surface area contributed by atoms with Crippen molar-refractivity contribution in [3.05, 3.63) is 95.4 Å². The highest BCUT2D eigenvalue weighted by molar-refractivity contribution is 7.20. The number of amides is 2. The van der Waals surface area contributed by atoms with E-state index in [0.717, 1.165) is 21.2 Å². The molecule has 0 fully saturated rings. The van der Waals surface area contributed by atoms with Crippen LogP contribution in [0.3, 0.4) is 0 Å². The Hall–Kier alpha value is -3.44. The molecule has 4 aromatic rings. The van der Waals surface area contributed by atoms with Crippen LogP contribution in [0.4, 0.5) is 0 Å². The molecule has 0 radical (unpaired) electrons. The molecule has 0 unspecified atom stereocenters. The molecule has 4 rings (SSSR count). The fourth-order valence-electron chi connectivity index (χ4n) is 2.89. The molecule has 132 valence electrons. The molecule has 0 saturated heterocycles. The molecule has 0 aliphatic carbocycles. The minimum absolute atomic E-state index is 0.332. The van der Waals surface area contributed by atoms with Crippen LogP contribution in [0, 0.1) is 0 Å². The van der Waals surface area contributed by atoms with Crippen LogP contribution in [0.5, 0.6) is 0 Å². The summed E-state index contributed by atoms with van der Waals surface area (Å²) in [5.74, 6) is -0.689. The lowest BCUT2D eigenvalue weighted by Gasteiger charge is -2.11. The first kappa shape index (κ1) is 17.0. The number of carbonyl (C=O) groups is 2. The van der Waals surface area contributed by atoms with E-state index in [2.05, 4.69) is 10.9 Å². The molecule has 2 N–H and O–H groups in total. The Balaban J connectivity index is 1.51. The zero-order valence-corrected chi connectivity index (χ0v) is 15.1. The zero-order valence-electron chi connectivity index (χ0n) is 14.3. The van der Waals surface area contributed by atoms with Gasteiger partial charge in [0, 0.05) is 10.3 Å². The third-order valence-corrected chi connectivity index (χ3v) is 5.31. The van der Waals surface area contributed by atoms with Crippen molar-refractivity contribution in [1.82, 2.24) is 10.9 Å². The van der Waals surface area contributed by atoms with Crippen molar-refractivity contribution in [3.63, 3.8) is 0 Å². The van der Waals surface area contributed by atoms with Gasteiger partial charge >= 0.3 is 0 Å². The predicted octanol–water partition coefficient (Wildman–Crippen LogP) is 4.64. The van der Waals surface area contributed by atoms with Crippen LogP contribution in [0.15, 0.2) is 84.9 Å². The van der Waals surface area contributed by atoms with Gasteiger partial charge in [0.1, 0.15) is 0 Å². The summed E-state index contributed by atoms with van der Waals surface area (Å²) in [6.07, 6.45) is 0. The van der Waals surface area contributed by atoms with Crippen LogP contribution >= 0.6 is 11.3 Å². The van der Waals surface area contributed by atoms with Crippen molar-refractivity contribution in [1.29, 1.82) is 0 Å². The number of rotatable bonds is 3. The van der Waals surface area contributed by atoms with E-state index in [9.17, 15) is 9.59 Å². The number of hydrazine groups is 1. The quantitative estimate of drug-likeness (QED) is 0.515. The number of carbonyl (C=O) groups excluding carboxylic acids is 2. The minimum Gasteiger partial charge on any atom is -0.267 e. The van der Waals surface area contributed by atoms with Gasteiger partial charge in [-0.15, -0.1) is 11.3 Å². The standard InChI is InChI=1S/C22H16N2O2S/c25-21(18-12-6-5-11-17(18)15-8-2-1-3-9-15)23-24-22(26)20-14-16-10-4-7-13-19(16)27-20/h1-14H,(H,23,25)(H,24,26). The summed E-state index contributed by atoms with van der Waals surface area (Å²) in [6, 6.07) is 26.6. The maximum absolute atomic E-state index is 12.6. The Morgan fingerprint density at radius 1 is 0.704 bits per heavy atom. The highest BCUT2D eigenvalue weighted by Gasteiger charge is 2.15. The highest BCUT2D eigenvalue weighted by Crippen LogP contribution is 2.25. The molecule has 0 atom stereocenters. The van der Waals surface area contributed by atoms with Gasteiger partial charge in [0.2, 0.25) is 0 Å². The lowest BCUT2D eigenvalue weighted by Crippen LogP contribution is -2.41. The average Bonchev–Trinajstić information content (AvgIpc) is 3.17. The van der Waals surface area contributed by atoms with Gasteiger partial charge in [-0.1, -0.05) is 66.7 Å². The maximum Gasteiger partial charge on any atom is 0.279 e. The summed E-state index contributed by atoms with van der Waals surface area (Å²) < 4.78 is 1.03. The fraction of sp³-hybridized carbons (Fsp3) is 0. The van der Waals surface area contributed by atoms with Crippen molar-refractivity contribution < 1.29 is 9.59 Å². The topological polar surface area (TPSA) is 58.2 Å². The van der Waals surface area contributed by atoms with Gasteiger partial charge in [-0.25, -0.2) is 0 Å². The summed E-state index contributed by atoms with van der Waals surface area (Å²) in [4.78, 5) is 25.6. The molecule has 0 aliphatic rings. The summed E-state index contributed by atoms with van der Waals surface area (Å²) >= 11 is 1.39. The van der Waals surface area contributed by atoms with Gasteiger partial charge in [-0.05, 0) is 34.7 Å². The number of nitrogens with one attached hydrogen (secondary N) is 2. The number of fused-ring (bicyclic) bond motifs is 1. The average molecular weight is 372 g/mol. The molecule has 0 aliphatic heterocycles. The summed E-state index contributed by atoms with van der Waals surface area (Å²) in [7, 11) is 0. The van der Waals surface area contributed by atoms with Crippen LogP contribution in [-0.4, -0.2) is 11.8 Å². The van der Waals surface area contributed by atoms with Crippen LogP contribution in [0.2, 0.25) is 0 Å². The van der Waals surface area contributed by atoms with Crippen molar-refractivity contribution in [2.45, 2.75) is 0 Å². The molecule has 0 saturated carbocycles. The number of benzene rings is 3. The Bertz CT molecular complexity index is 1090. The molecule has 3 aromatic carbocycles. The van der Waals surface area contributed by atoms with E-state index in [1.165, 1.54) is 11.3 Å². The van der Waals surface area contributed by atoms with Gasteiger partial charge in [0.25, 0.3) is 11.8 Å². The van der Waals surface area contributed by atoms with E-state index in [1.807, 2.05) is 72.8 Å². The van der Waals surface area contributed by atoms with E-state index < -0.39 is 0 Å². The second kappa shape index (κ2) is 7.43. The lowest BCUT2D eigenvalue weighted by atomic mass is 9.99. The van der Waals surface area contributed by atoms with Gasteiger partial charge in [-0.2, -0.15) is 0 Å². The normalized spacial score (nSPS) is 10.5. The first-order chi connectivity index (χ1) is 13.2. The number of hydrogen-bond donors (Lipinski definition) is 2. The first-order valence-corrected chi connectivity index (χ1v) is 9.28. The number of thiophene rings is 1. The van der Waals surface area contributed by atoms with Crippen molar-refractivity contribution in [2.24, 2.45) is 0 Å². The second-order valence-electron chi connectivity index (χ2n) is 5.97. The van der Waals surface area contributed by atoms with Crippen LogP contribution in [-0.2, 0) is 0 Å². The maximum atomic E-state index is 12.6. The summed E-state index contributed by atoms with van der Waals surface area (Å²) in [5, 5.41) is 1.01. The molecule has 4 nitrogen and oxygen atoms in total. The van der Waals surface area contributed by atoms with Gasteiger partial charge in [0.15, 0.2) is 0 Å². The third kappa shape index (κ3) is 3.59. The molecule has 0 bridgehead atoms. The second-order valence-corrected chi connectivity index (χ2v) is 7.05. The van der Waals surface area contributed by atoms with Crippen molar-refractivity contribution in [3.8, 4) is 11.1 Å². The largest absolute Gasteiger partial charge is 0.279 e. The van der Waals surface area contributed by atoms with E-state index in [-0.39, 0.29) is 11.8 Å². The molecular weight excluding hydrogens is 356 g/mol. The predicted molar refractivity (Wildman–Crippen MR) is 109 cm³/mol. The van der Waals surface area contributed by atoms with Crippen molar-refractivity contribution in [2.75, 3.05) is 0 Å². The number of hydrogen-bond acceptors (Lipinski definition) is 3. The van der Waals surface area contributed by atoms with Crippen LogP contribution in [0.25, 0.3) is 21.2 Å². The SMILES string of the molecule is O=C(NNC(=O)c1ccccc1-c1ccccc1)c1cc2ccccc2s1. The van der Waals surface area contributed by atoms with E-state index in [4.69, 9.17) is 0 Å². The first-order valence-electron chi connectivity index (χ1n) is 8.46. The lowest BCUT2D eigenvalue weighted by molar-refractivity contribution is 0.0849. The Labute approximate surface area is 160 Å². The highest BCUT2D eigenvalue weighted by atomic mass is 32.1. The smallest absolute Gasteiger partial charge is 0.267 e. The van der Waals surface area contributed by atoms with Gasteiger partial charge in [-0.3, -0.25) is 20.4 Å². The zero-order chi connectivity index (χ0) is 18.6. The molecule has 27 heavy (non-hydrogen) atoms. The Morgan fingerprint density at radius 3 is 2.19 bits per heavy atom. The van der Waals surface area contributed by atoms with E-state index in [0.29, 0.717) is 10.4 Å². The molecule has 5 heteroatoms. The Kier molecular flexibility index (Phi) is 4.68. The third-order valence-electron chi connectivity index (χ3n) is 4.20. The van der Waals surface area contributed by atoms with Crippen LogP contribution < -0.4 is 10.9 Å². The van der Waals surface area contributed by atoms with Crippen molar-refractivity contribution >= 4 is 33.2 Å². The van der Waals surface area contributed by atoms with Gasteiger partial charge in [0.05, 0.1) is 4.88 Å². The van der Waals surface area contributed by atoms with E-state index in [1.54, 1.807) is 12.1 Å². The Morgan fingerprint density at radius 2 is 1.37 bits per heavy atom. The summed E-state index contributed by atoms with van der Waals surface area (Å²) in [5.41, 5.74) is 7.28. The summed E-state index contributed by atoms with van der Waals surface area (Å²) in [6.45, 7) is 0. The monoisotopic (exact) mass is 372 g/mol. The molecule has 1 aromatic heterocycles. The van der Waals surface area contributed by atoms with Gasteiger partial charge < -0.3 is 0 Å². The molecule has 0 spiro atoms. The van der Waals surface area contributed by atoms with E-state index >= 15 is 0 Å². The fourth-order valence-corrected chi connectivity index (χ4v) is 3.84.